The van der Waals surface area contributed by atoms with E-state index < -0.39 is 11.9 Å². The number of para-hydroxylation sites is 1. The van der Waals surface area contributed by atoms with Gasteiger partial charge in [0, 0.05) is 19.2 Å². The van der Waals surface area contributed by atoms with Crippen molar-refractivity contribution in [1.29, 1.82) is 0 Å². The normalized spacial score (nSPS) is 24.4. The number of hydrogen-bond acceptors (Lipinski definition) is 4. The van der Waals surface area contributed by atoms with Crippen molar-refractivity contribution < 1.29 is 19.0 Å². The Labute approximate surface area is 112 Å². The molecule has 19 heavy (non-hydrogen) atoms. The van der Waals surface area contributed by atoms with Gasteiger partial charge in [-0.1, -0.05) is 12.1 Å². The second-order valence-electron chi connectivity index (χ2n) is 4.77. The fraction of sp³-hybridized carbons (Fsp3) is 0.571. The first-order valence-corrected chi connectivity index (χ1v) is 6.57. The molecule has 0 saturated carbocycles. The maximum atomic E-state index is 13.3. The van der Waals surface area contributed by atoms with E-state index in [2.05, 4.69) is 5.32 Å². The highest BCUT2D eigenvalue weighted by Gasteiger charge is 2.24. The third-order valence-electron chi connectivity index (χ3n) is 3.26. The van der Waals surface area contributed by atoms with E-state index in [9.17, 15) is 9.50 Å². The summed E-state index contributed by atoms with van der Waals surface area (Å²) in [5, 5.41) is 13.0. The summed E-state index contributed by atoms with van der Waals surface area (Å²) < 4.78 is 23.9. The molecule has 0 aliphatic carbocycles. The third kappa shape index (κ3) is 4.16. The number of rotatable bonds is 6. The highest BCUT2D eigenvalue weighted by atomic mass is 19.1. The minimum absolute atomic E-state index is 0.0654. The first kappa shape index (κ1) is 14.2. The number of aliphatic hydroxyl groups is 1. The molecule has 1 aliphatic heterocycles. The van der Waals surface area contributed by atoms with E-state index in [0.29, 0.717) is 6.54 Å². The number of benzene rings is 1. The van der Waals surface area contributed by atoms with Crippen molar-refractivity contribution in [1.82, 2.24) is 5.32 Å². The maximum absolute atomic E-state index is 13.3. The Balaban J connectivity index is 1.70. The largest absolute Gasteiger partial charge is 0.488 e. The van der Waals surface area contributed by atoms with Crippen molar-refractivity contribution in [3.05, 3.63) is 30.1 Å². The Morgan fingerprint density at radius 2 is 2.32 bits per heavy atom. The van der Waals surface area contributed by atoms with Gasteiger partial charge < -0.3 is 19.9 Å². The van der Waals surface area contributed by atoms with Gasteiger partial charge in [-0.3, -0.25) is 0 Å². The lowest BCUT2D eigenvalue weighted by atomic mass is 10.1. The Morgan fingerprint density at radius 1 is 1.53 bits per heavy atom. The molecule has 1 aliphatic rings. The van der Waals surface area contributed by atoms with Gasteiger partial charge in [0.25, 0.3) is 0 Å². The van der Waals surface area contributed by atoms with Crippen LogP contribution in [0.15, 0.2) is 24.3 Å². The van der Waals surface area contributed by atoms with Crippen molar-refractivity contribution >= 4 is 0 Å². The average Bonchev–Trinajstić information content (AvgIpc) is 2.81. The van der Waals surface area contributed by atoms with Gasteiger partial charge in [-0.25, -0.2) is 4.39 Å². The van der Waals surface area contributed by atoms with Gasteiger partial charge in [0.15, 0.2) is 11.6 Å². The molecule has 0 bridgehead atoms. The molecule has 1 saturated heterocycles. The molecule has 2 rings (SSSR count). The van der Waals surface area contributed by atoms with Crippen molar-refractivity contribution in [2.75, 3.05) is 19.8 Å². The summed E-state index contributed by atoms with van der Waals surface area (Å²) in [6, 6.07) is 6.44. The SMILES string of the molecule is CC1OCCC1NCC(O)COc1ccccc1F. The minimum Gasteiger partial charge on any atom is -0.488 e. The predicted octanol–water partition coefficient (Wildman–Crippen LogP) is 1.33. The van der Waals surface area contributed by atoms with Crippen molar-refractivity contribution in [2.45, 2.75) is 31.6 Å². The van der Waals surface area contributed by atoms with Crippen LogP contribution in [0, 0.1) is 5.82 Å². The van der Waals surface area contributed by atoms with Gasteiger partial charge in [-0.2, -0.15) is 0 Å². The van der Waals surface area contributed by atoms with E-state index in [1.165, 1.54) is 6.07 Å². The summed E-state index contributed by atoms with van der Waals surface area (Å²) in [4.78, 5) is 0. The van der Waals surface area contributed by atoms with E-state index in [0.717, 1.165) is 13.0 Å². The van der Waals surface area contributed by atoms with Crippen molar-refractivity contribution in [3.63, 3.8) is 0 Å². The Morgan fingerprint density at radius 3 is 3.00 bits per heavy atom. The highest BCUT2D eigenvalue weighted by molar-refractivity contribution is 5.23. The Bertz CT molecular complexity index is 402. The topological polar surface area (TPSA) is 50.7 Å². The van der Waals surface area contributed by atoms with E-state index in [4.69, 9.17) is 9.47 Å². The van der Waals surface area contributed by atoms with Gasteiger partial charge in [0.1, 0.15) is 12.7 Å². The van der Waals surface area contributed by atoms with Crippen LogP contribution >= 0.6 is 0 Å². The molecule has 1 fully saturated rings. The molecule has 0 aromatic heterocycles. The van der Waals surface area contributed by atoms with Gasteiger partial charge in [0.05, 0.1) is 6.10 Å². The fourth-order valence-electron chi connectivity index (χ4n) is 2.09. The molecule has 0 spiro atoms. The van der Waals surface area contributed by atoms with Crippen LogP contribution in [0.4, 0.5) is 4.39 Å². The highest BCUT2D eigenvalue weighted by Crippen LogP contribution is 2.15. The molecule has 0 radical (unpaired) electrons. The maximum Gasteiger partial charge on any atom is 0.165 e. The lowest BCUT2D eigenvalue weighted by molar-refractivity contribution is 0.0885. The summed E-state index contributed by atoms with van der Waals surface area (Å²) >= 11 is 0. The van der Waals surface area contributed by atoms with E-state index >= 15 is 0 Å². The quantitative estimate of drug-likeness (QED) is 0.818. The molecule has 1 aromatic rings. The molecule has 5 heteroatoms. The summed E-state index contributed by atoms with van der Waals surface area (Å²) in [6.07, 6.45) is 0.439. The summed E-state index contributed by atoms with van der Waals surface area (Å²) in [7, 11) is 0. The molecular formula is C14H20FNO3. The summed E-state index contributed by atoms with van der Waals surface area (Å²) in [6.45, 7) is 3.23. The van der Waals surface area contributed by atoms with Gasteiger partial charge in [-0.05, 0) is 25.5 Å². The molecule has 3 unspecified atom stereocenters. The van der Waals surface area contributed by atoms with Crippen LogP contribution in [0.3, 0.4) is 0 Å². The van der Waals surface area contributed by atoms with Crippen LogP contribution in [0.1, 0.15) is 13.3 Å². The van der Waals surface area contributed by atoms with Crippen LogP contribution in [0.2, 0.25) is 0 Å². The smallest absolute Gasteiger partial charge is 0.165 e. The van der Waals surface area contributed by atoms with E-state index in [1.54, 1.807) is 18.2 Å². The van der Waals surface area contributed by atoms with Crippen LogP contribution in [-0.2, 0) is 4.74 Å². The van der Waals surface area contributed by atoms with Crippen LogP contribution in [-0.4, -0.2) is 43.1 Å². The first-order chi connectivity index (χ1) is 9.16. The monoisotopic (exact) mass is 269 g/mol. The van der Waals surface area contributed by atoms with E-state index in [1.807, 2.05) is 6.92 Å². The summed E-state index contributed by atoms with van der Waals surface area (Å²) in [5.41, 5.74) is 0. The molecule has 2 N–H and O–H groups in total. The zero-order valence-electron chi connectivity index (χ0n) is 11.0. The second kappa shape index (κ2) is 6.84. The number of hydrogen-bond donors (Lipinski definition) is 2. The lowest BCUT2D eigenvalue weighted by Crippen LogP contribution is -2.41. The number of ether oxygens (including phenoxy) is 2. The molecule has 106 valence electrons. The lowest BCUT2D eigenvalue weighted by Gasteiger charge is -2.19. The van der Waals surface area contributed by atoms with Crippen molar-refractivity contribution in [3.8, 4) is 5.75 Å². The molecule has 0 amide bonds. The van der Waals surface area contributed by atoms with Gasteiger partial charge >= 0.3 is 0 Å². The predicted molar refractivity (Wildman–Crippen MR) is 69.7 cm³/mol. The third-order valence-corrected chi connectivity index (χ3v) is 3.26. The molecule has 1 heterocycles. The van der Waals surface area contributed by atoms with Crippen LogP contribution < -0.4 is 10.1 Å². The number of halogens is 1. The molecule has 3 atom stereocenters. The Hall–Kier alpha value is -1.17. The first-order valence-electron chi connectivity index (χ1n) is 6.57. The van der Waals surface area contributed by atoms with E-state index in [-0.39, 0.29) is 24.5 Å². The van der Waals surface area contributed by atoms with Gasteiger partial charge in [0.2, 0.25) is 0 Å². The van der Waals surface area contributed by atoms with Crippen molar-refractivity contribution in [2.24, 2.45) is 0 Å². The van der Waals surface area contributed by atoms with Gasteiger partial charge in [-0.15, -0.1) is 0 Å². The standard InChI is InChI=1S/C14H20FNO3/c1-10-13(6-7-18-10)16-8-11(17)9-19-14-5-3-2-4-12(14)15/h2-5,10-11,13,16-17H,6-9H2,1H3. The Kier molecular flexibility index (Phi) is 5.13. The number of nitrogens with one attached hydrogen (secondary N) is 1. The second-order valence-corrected chi connectivity index (χ2v) is 4.77. The zero-order chi connectivity index (χ0) is 13.7. The zero-order valence-corrected chi connectivity index (χ0v) is 11.0. The minimum atomic E-state index is -0.674. The fourth-order valence-corrected chi connectivity index (χ4v) is 2.09. The number of aliphatic hydroxyl groups excluding tert-OH is 1. The average molecular weight is 269 g/mol. The molecule has 1 aromatic carbocycles. The summed E-state index contributed by atoms with van der Waals surface area (Å²) in [5.74, 6) is -0.250. The molecular weight excluding hydrogens is 249 g/mol. The van der Waals surface area contributed by atoms with Crippen LogP contribution in [0.5, 0.6) is 5.75 Å². The van der Waals surface area contributed by atoms with Crippen LogP contribution in [0.25, 0.3) is 0 Å². The molecule has 4 nitrogen and oxygen atoms in total.